The molecule has 2 aromatic rings. The highest BCUT2D eigenvalue weighted by Crippen LogP contribution is 2.28. The highest BCUT2D eigenvalue weighted by atomic mass is 32.2. The van der Waals surface area contributed by atoms with Gasteiger partial charge in [-0.2, -0.15) is 13.2 Å². The fourth-order valence-corrected chi connectivity index (χ4v) is 2.72. The van der Waals surface area contributed by atoms with Gasteiger partial charge in [-0.25, -0.2) is 0 Å². The standard InChI is InChI=1S/C14H15F3N4S/c1-2-8-21-12(10-3-5-11(18)6-4-10)19-20-13(21)22-9-7-14(15,16)17/h2-6H,1,7-9,18H2. The van der Waals surface area contributed by atoms with Crippen LogP contribution < -0.4 is 5.73 Å². The average molecular weight is 328 g/mol. The summed E-state index contributed by atoms with van der Waals surface area (Å²) in [6, 6.07) is 7.06. The van der Waals surface area contributed by atoms with Crippen molar-refractivity contribution >= 4 is 17.4 Å². The molecule has 4 nitrogen and oxygen atoms in total. The zero-order chi connectivity index (χ0) is 16.2. The van der Waals surface area contributed by atoms with Gasteiger partial charge in [-0.15, -0.1) is 16.8 Å². The monoisotopic (exact) mass is 328 g/mol. The largest absolute Gasteiger partial charge is 0.399 e. The van der Waals surface area contributed by atoms with Crippen molar-refractivity contribution in [3.05, 3.63) is 36.9 Å². The van der Waals surface area contributed by atoms with Gasteiger partial charge in [0.05, 0.1) is 6.42 Å². The molecular formula is C14H15F3N4S. The number of aromatic nitrogens is 3. The Hall–Kier alpha value is -1.96. The van der Waals surface area contributed by atoms with E-state index in [0.717, 1.165) is 17.3 Å². The molecule has 1 aromatic heterocycles. The van der Waals surface area contributed by atoms with Crippen LogP contribution in [0.5, 0.6) is 0 Å². The van der Waals surface area contributed by atoms with Gasteiger partial charge in [0.2, 0.25) is 0 Å². The van der Waals surface area contributed by atoms with Gasteiger partial charge in [-0.05, 0) is 24.3 Å². The Balaban J connectivity index is 2.21. The third-order valence-electron chi connectivity index (χ3n) is 2.81. The molecular weight excluding hydrogens is 313 g/mol. The molecule has 2 rings (SSSR count). The maximum absolute atomic E-state index is 12.2. The number of nitrogen functional groups attached to an aromatic ring is 1. The third kappa shape index (κ3) is 4.27. The number of hydrogen-bond donors (Lipinski definition) is 1. The van der Waals surface area contributed by atoms with Gasteiger partial charge in [0, 0.05) is 23.5 Å². The Morgan fingerprint density at radius 1 is 1.23 bits per heavy atom. The Kier molecular flexibility index (Phi) is 5.12. The summed E-state index contributed by atoms with van der Waals surface area (Å²) in [5.74, 6) is 0.481. The summed E-state index contributed by atoms with van der Waals surface area (Å²) in [4.78, 5) is 0. The molecule has 8 heteroatoms. The fraction of sp³-hybridized carbons (Fsp3) is 0.286. The normalized spacial score (nSPS) is 11.6. The molecule has 0 atom stereocenters. The SMILES string of the molecule is C=CCn1c(SCCC(F)(F)F)nnc1-c1ccc(N)cc1. The van der Waals surface area contributed by atoms with Gasteiger partial charge in [0.15, 0.2) is 11.0 Å². The first-order valence-electron chi connectivity index (χ1n) is 6.50. The molecule has 0 spiro atoms. The maximum atomic E-state index is 12.2. The lowest BCUT2D eigenvalue weighted by molar-refractivity contribution is -0.129. The zero-order valence-corrected chi connectivity index (χ0v) is 12.5. The van der Waals surface area contributed by atoms with Crippen LogP contribution in [0.1, 0.15) is 6.42 Å². The van der Waals surface area contributed by atoms with E-state index in [9.17, 15) is 13.2 Å². The molecule has 118 valence electrons. The van der Waals surface area contributed by atoms with Crippen LogP contribution in [0, 0.1) is 0 Å². The minimum Gasteiger partial charge on any atom is -0.399 e. The first-order valence-corrected chi connectivity index (χ1v) is 7.49. The molecule has 0 aliphatic rings. The van der Waals surface area contributed by atoms with Crippen molar-refractivity contribution in [1.29, 1.82) is 0 Å². The van der Waals surface area contributed by atoms with Crippen LogP contribution in [-0.4, -0.2) is 26.7 Å². The Labute approximate surface area is 130 Å². The van der Waals surface area contributed by atoms with Crippen molar-refractivity contribution < 1.29 is 13.2 Å². The molecule has 0 radical (unpaired) electrons. The molecule has 0 fully saturated rings. The van der Waals surface area contributed by atoms with Crippen molar-refractivity contribution in [2.24, 2.45) is 0 Å². The van der Waals surface area contributed by atoms with E-state index in [0.29, 0.717) is 23.2 Å². The topological polar surface area (TPSA) is 56.7 Å². The number of rotatable bonds is 6. The lowest BCUT2D eigenvalue weighted by atomic mass is 10.2. The van der Waals surface area contributed by atoms with Crippen LogP contribution in [0.2, 0.25) is 0 Å². The highest BCUT2D eigenvalue weighted by Gasteiger charge is 2.27. The molecule has 1 heterocycles. The first-order chi connectivity index (χ1) is 10.4. The maximum Gasteiger partial charge on any atom is 0.389 e. The molecule has 0 aliphatic carbocycles. The number of thioether (sulfide) groups is 1. The van der Waals surface area contributed by atoms with Crippen LogP contribution in [0.15, 0.2) is 42.1 Å². The van der Waals surface area contributed by atoms with Crippen molar-refractivity contribution in [3.63, 3.8) is 0 Å². The van der Waals surface area contributed by atoms with Crippen LogP contribution in [0.3, 0.4) is 0 Å². The summed E-state index contributed by atoms with van der Waals surface area (Å²) < 4.78 is 38.4. The molecule has 1 aromatic carbocycles. The van der Waals surface area contributed by atoms with Crippen LogP contribution in [0.25, 0.3) is 11.4 Å². The molecule has 0 aliphatic heterocycles. The van der Waals surface area contributed by atoms with E-state index < -0.39 is 12.6 Å². The van der Waals surface area contributed by atoms with Gasteiger partial charge >= 0.3 is 6.18 Å². The molecule has 0 bridgehead atoms. The lowest BCUT2D eigenvalue weighted by Gasteiger charge is -2.09. The molecule has 0 unspecified atom stereocenters. The number of hydrogen-bond acceptors (Lipinski definition) is 4. The predicted octanol–water partition coefficient (Wildman–Crippen LogP) is 3.76. The number of nitrogens with zero attached hydrogens (tertiary/aromatic N) is 3. The van der Waals surface area contributed by atoms with E-state index >= 15 is 0 Å². The number of anilines is 1. The van der Waals surface area contributed by atoms with E-state index in [-0.39, 0.29) is 5.75 Å². The molecule has 0 saturated carbocycles. The van der Waals surface area contributed by atoms with E-state index in [1.165, 1.54) is 0 Å². The van der Waals surface area contributed by atoms with Crippen molar-refractivity contribution in [2.75, 3.05) is 11.5 Å². The fourth-order valence-electron chi connectivity index (χ4n) is 1.79. The third-order valence-corrected chi connectivity index (χ3v) is 3.78. The number of alkyl halides is 3. The van der Waals surface area contributed by atoms with Crippen molar-refractivity contribution in [3.8, 4) is 11.4 Å². The van der Waals surface area contributed by atoms with Crippen LogP contribution >= 0.6 is 11.8 Å². The summed E-state index contributed by atoms with van der Waals surface area (Å²) in [6.07, 6.45) is -3.39. The van der Waals surface area contributed by atoms with E-state index in [4.69, 9.17) is 5.73 Å². The Bertz CT molecular complexity index is 635. The van der Waals surface area contributed by atoms with Crippen molar-refractivity contribution in [1.82, 2.24) is 14.8 Å². The second-order valence-corrected chi connectivity index (χ2v) is 5.60. The van der Waals surface area contributed by atoms with Crippen LogP contribution in [0.4, 0.5) is 18.9 Å². The van der Waals surface area contributed by atoms with E-state index in [1.807, 2.05) is 0 Å². The number of halogens is 3. The van der Waals surface area contributed by atoms with Gasteiger partial charge in [0.1, 0.15) is 0 Å². The van der Waals surface area contributed by atoms with Gasteiger partial charge < -0.3 is 5.73 Å². The number of nitrogens with two attached hydrogens (primary N) is 1. The summed E-state index contributed by atoms with van der Waals surface area (Å²) in [5, 5.41) is 8.50. The number of benzene rings is 1. The van der Waals surface area contributed by atoms with Gasteiger partial charge in [-0.1, -0.05) is 17.8 Å². The first kappa shape index (κ1) is 16.4. The molecule has 22 heavy (non-hydrogen) atoms. The molecule has 2 N–H and O–H groups in total. The average Bonchev–Trinajstić information content (AvgIpc) is 2.82. The minimum atomic E-state index is -4.17. The second-order valence-electron chi connectivity index (χ2n) is 4.54. The summed E-state index contributed by atoms with van der Waals surface area (Å²) >= 11 is 1.03. The van der Waals surface area contributed by atoms with E-state index in [2.05, 4.69) is 16.8 Å². The van der Waals surface area contributed by atoms with Crippen molar-refractivity contribution in [2.45, 2.75) is 24.3 Å². The Morgan fingerprint density at radius 3 is 2.50 bits per heavy atom. The summed E-state index contributed by atoms with van der Waals surface area (Å²) in [5.41, 5.74) is 7.06. The zero-order valence-electron chi connectivity index (χ0n) is 11.7. The highest BCUT2D eigenvalue weighted by molar-refractivity contribution is 7.99. The second kappa shape index (κ2) is 6.87. The predicted molar refractivity (Wildman–Crippen MR) is 81.5 cm³/mol. The van der Waals surface area contributed by atoms with Crippen LogP contribution in [-0.2, 0) is 6.54 Å². The molecule has 0 saturated heterocycles. The lowest BCUT2D eigenvalue weighted by Crippen LogP contribution is -2.09. The van der Waals surface area contributed by atoms with Gasteiger partial charge in [0.25, 0.3) is 0 Å². The smallest absolute Gasteiger partial charge is 0.389 e. The quantitative estimate of drug-likeness (QED) is 0.498. The Morgan fingerprint density at radius 2 is 1.91 bits per heavy atom. The van der Waals surface area contributed by atoms with Gasteiger partial charge in [-0.3, -0.25) is 4.57 Å². The molecule has 0 amide bonds. The minimum absolute atomic E-state index is 0.0967. The summed E-state index contributed by atoms with van der Waals surface area (Å²) in [6.45, 7) is 4.08. The summed E-state index contributed by atoms with van der Waals surface area (Å²) in [7, 11) is 0. The van der Waals surface area contributed by atoms with E-state index in [1.54, 1.807) is 34.9 Å². The number of allylic oxidation sites excluding steroid dienone is 1.